The second kappa shape index (κ2) is 7.95. The van der Waals surface area contributed by atoms with Gasteiger partial charge in [-0.3, -0.25) is 4.79 Å². The SMILES string of the molecule is CC(C)[C@H](NS(=O)(=O)c1ccc2c(c1)oc1ccc(-c3nc4ccccc4s3)cc12)C(=O)O. The van der Waals surface area contributed by atoms with E-state index in [4.69, 9.17) is 9.40 Å². The molecule has 0 unspecified atom stereocenters. The number of carboxylic acids is 1. The molecule has 1 atom stereocenters. The Morgan fingerprint density at radius 3 is 2.55 bits per heavy atom. The van der Waals surface area contributed by atoms with Crippen LogP contribution in [0.1, 0.15) is 13.8 Å². The zero-order valence-electron chi connectivity index (χ0n) is 17.8. The van der Waals surface area contributed by atoms with Gasteiger partial charge in [-0.15, -0.1) is 11.3 Å². The number of furan rings is 1. The molecule has 0 fully saturated rings. The Morgan fingerprint density at radius 1 is 1.03 bits per heavy atom. The molecule has 0 aliphatic heterocycles. The summed E-state index contributed by atoms with van der Waals surface area (Å²) in [5.74, 6) is -1.63. The smallest absolute Gasteiger partial charge is 0.322 e. The summed E-state index contributed by atoms with van der Waals surface area (Å²) in [5.41, 5.74) is 2.93. The second-order valence-corrected chi connectivity index (χ2v) is 10.9. The molecule has 5 aromatic rings. The highest BCUT2D eigenvalue weighted by atomic mass is 32.2. The van der Waals surface area contributed by atoms with Gasteiger partial charge in [0.2, 0.25) is 10.0 Å². The van der Waals surface area contributed by atoms with Gasteiger partial charge in [-0.1, -0.05) is 26.0 Å². The highest BCUT2D eigenvalue weighted by molar-refractivity contribution is 7.89. The van der Waals surface area contributed by atoms with E-state index in [2.05, 4.69) is 4.72 Å². The molecule has 0 bridgehead atoms. The lowest BCUT2D eigenvalue weighted by Crippen LogP contribution is -2.44. The largest absolute Gasteiger partial charge is 0.480 e. The number of hydrogen-bond acceptors (Lipinski definition) is 6. The predicted molar refractivity (Wildman–Crippen MR) is 129 cm³/mol. The fourth-order valence-electron chi connectivity index (χ4n) is 3.76. The zero-order chi connectivity index (χ0) is 23.3. The number of aliphatic carboxylic acids is 1. The molecule has 0 radical (unpaired) electrons. The summed E-state index contributed by atoms with van der Waals surface area (Å²) in [5, 5.41) is 11.9. The van der Waals surface area contributed by atoms with Gasteiger partial charge < -0.3 is 9.52 Å². The number of para-hydroxylation sites is 1. The van der Waals surface area contributed by atoms with Crippen LogP contribution in [-0.4, -0.2) is 30.5 Å². The highest BCUT2D eigenvalue weighted by Crippen LogP contribution is 2.36. The minimum Gasteiger partial charge on any atom is -0.480 e. The number of benzene rings is 3. The number of rotatable bonds is 6. The maximum atomic E-state index is 12.8. The summed E-state index contributed by atoms with van der Waals surface area (Å²) in [6.07, 6.45) is 0. The van der Waals surface area contributed by atoms with Crippen LogP contribution in [0.3, 0.4) is 0 Å². The number of fused-ring (bicyclic) bond motifs is 4. The maximum absolute atomic E-state index is 12.8. The lowest BCUT2D eigenvalue weighted by Gasteiger charge is -2.17. The number of thiazole rings is 1. The first-order valence-electron chi connectivity index (χ1n) is 10.3. The Labute approximate surface area is 193 Å². The molecule has 5 rings (SSSR count). The topological polar surface area (TPSA) is 110 Å². The molecule has 0 saturated carbocycles. The van der Waals surface area contributed by atoms with Crippen LogP contribution in [0.4, 0.5) is 0 Å². The second-order valence-electron chi connectivity index (χ2n) is 8.14. The van der Waals surface area contributed by atoms with E-state index in [0.29, 0.717) is 11.2 Å². The Balaban J connectivity index is 1.55. The number of aromatic nitrogens is 1. The monoisotopic (exact) mass is 480 g/mol. The standard InChI is InChI=1S/C24H20N2O5S2/c1-13(2)22(24(27)28)26-33(29,30)15-8-9-16-17-11-14(7-10-19(17)31-20(16)12-15)23-25-18-5-3-4-6-21(18)32-23/h3-13,22,26H,1-2H3,(H,27,28)/t22-/m0/s1. The number of sulfonamides is 1. The molecule has 0 amide bonds. The van der Waals surface area contributed by atoms with Gasteiger partial charge in [-0.25, -0.2) is 13.4 Å². The molecule has 0 aliphatic rings. The molecule has 0 spiro atoms. The van der Waals surface area contributed by atoms with Crippen molar-refractivity contribution in [2.24, 2.45) is 5.92 Å². The summed E-state index contributed by atoms with van der Waals surface area (Å²) in [6, 6.07) is 17.1. The highest BCUT2D eigenvalue weighted by Gasteiger charge is 2.28. The third-order valence-corrected chi connectivity index (χ3v) is 8.03. The lowest BCUT2D eigenvalue weighted by molar-refractivity contribution is -0.140. The molecule has 3 aromatic carbocycles. The molecule has 0 aliphatic carbocycles. The van der Waals surface area contributed by atoms with Crippen molar-refractivity contribution in [1.82, 2.24) is 9.71 Å². The van der Waals surface area contributed by atoms with Gasteiger partial charge >= 0.3 is 5.97 Å². The van der Waals surface area contributed by atoms with Crippen LogP contribution >= 0.6 is 11.3 Å². The third kappa shape index (κ3) is 3.88. The predicted octanol–water partition coefficient (Wildman–Crippen LogP) is 5.25. The van der Waals surface area contributed by atoms with Gasteiger partial charge in [0.1, 0.15) is 22.2 Å². The van der Waals surface area contributed by atoms with Crippen molar-refractivity contribution in [2.45, 2.75) is 24.8 Å². The first kappa shape index (κ1) is 21.6. The van der Waals surface area contributed by atoms with Gasteiger partial charge in [0, 0.05) is 22.4 Å². The van der Waals surface area contributed by atoms with Gasteiger partial charge in [0.25, 0.3) is 0 Å². The molecule has 7 nitrogen and oxygen atoms in total. The minimum absolute atomic E-state index is 0.0487. The quantitative estimate of drug-likeness (QED) is 0.343. The van der Waals surface area contributed by atoms with Gasteiger partial charge in [0.05, 0.1) is 15.1 Å². The Bertz CT molecular complexity index is 1600. The van der Waals surface area contributed by atoms with Crippen LogP contribution in [-0.2, 0) is 14.8 Å². The van der Waals surface area contributed by atoms with Crippen LogP contribution in [0.15, 0.2) is 70.0 Å². The fraction of sp³-hybridized carbons (Fsp3) is 0.167. The first-order chi connectivity index (χ1) is 15.7. The first-order valence-corrected chi connectivity index (χ1v) is 12.6. The van der Waals surface area contributed by atoms with Crippen molar-refractivity contribution in [3.8, 4) is 10.6 Å². The Morgan fingerprint density at radius 2 is 1.82 bits per heavy atom. The van der Waals surface area contributed by atoms with Crippen molar-refractivity contribution in [2.75, 3.05) is 0 Å². The Kier molecular flexibility index (Phi) is 5.19. The number of hydrogen-bond donors (Lipinski definition) is 2. The van der Waals surface area contributed by atoms with Crippen molar-refractivity contribution in [3.05, 3.63) is 60.7 Å². The third-order valence-electron chi connectivity index (χ3n) is 5.51. The fourth-order valence-corrected chi connectivity index (χ4v) is 6.07. The van der Waals surface area contributed by atoms with E-state index >= 15 is 0 Å². The van der Waals surface area contributed by atoms with E-state index in [1.807, 2.05) is 42.5 Å². The average molecular weight is 481 g/mol. The van der Waals surface area contributed by atoms with Crippen molar-refractivity contribution in [1.29, 1.82) is 0 Å². The summed E-state index contributed by atoms with van der Waals surface area (Å²) < 4.78 is 34.9. The molecule has 2 heterocycles. The van der Waals surface area contributed by atoms with Crippen molar-refractivity contribution >= 4 is 59.5 Å². The number of carboxylic acid groups (broad SMARTS) is 1. The van der Waals surface area contributed by atoms with E-state index in [-0.39, 0.29) is 4.90 Å². The molecule has 168 valence electrons. The van der Waals surface area contributed by atoms with Gasteiger partial charge in [-0.2, -0.15) is 4.72 Å². The van der Waals surface area contributed by atoms with Crippen LogP contribution in [0, 0.1) is 5.92 Å². The van der Waals surface area contributed by atoms with E-state index < -0.39 is 28.0 Å². The Hall–Kier alpha value is -3.27. The maximum Gasteiger partial charge on any atom is 0.322 e. The molecule has 2 aromatic heterocycles. The molecular weight excluding hydrogens is 460 g/mol. The van der Waals surface area contributed by atoms with Crippen LogP contribution in [0.25, 0.3) is 42.7 Å². The van der Waals surface area contributed by atoms with Crippen molar-refractivity contribution in [3.63, 3.8) is 0 Å². The van der Waals surface area contributed by atoms with Gasteiger partial charge in [0.15, 0.2) is 0 Å². The van der Waals surface area contributed by atoms with Crippen LogP contribution in [0.5, 0.6) is 0 Å². The van der Waals surface area contributed by atoms with Gasteiger partial charge in [-0.05, 0) is 48.4 Å². The number of carbonyl (C=O) groups is 1. The lowest BCUT2D eigenvalue weighted by atomic mass is 10.1. The van der Waals surface area contributed by atoms with E-state index in [1.54, 1.807) is 31.3 Å². The van der Waals surface area contributed by atoms with E-state index in [1.165, 1.54) is 12.1 Å². The average Bonchev–Trinajstić information content (AvgIpc) is 3.37. The minimum atomic E-state index is -4.04. The molecule has 0 saturated heterocycles. The van der Waals surface area contributed by atoms with E-state index in [9.17, 15) is 18.3 Å². The van der Waals surface area contributed by atoms with E-state index in [0.717, 1.165) is 31.6 Å². The number of nitrogens with zero attached hydrogens (tertiary/aromatic N) is 1. The molecule has 2 N–H and O–H groups in total. The van der Waals surface area contributed by atoms with Crippen LogP contribution in [0.2, 0.25) is 0 Å². The molecule has 33 heavy (non-hydrogen) atoms. The summed E-state index contributed by atoms with van der Waals surface area (Å²) in [6.45, 7) is 3.29. The summed E-state index contributed by atoms with van der Waals surface area (Å²) >= 11 is 1.61. The van der Waals surface area contributed by atoms with Crippen LogP contribution < -0.4 is 4.72 Å². The zero-order valence-corrected chi connectivity index (χ0v) is 19.4. The summed E-state index contributed by atoms with van der Waals surface area (Å²) in [7, 11) is -4.04. The molecule has 9 heteroatoms. The summed E-state index contributed by atoms with van der Waals surface area (Å²) in [4.78, 5) is 16.1. The van der Waals surface area contributed by atoms with Crippen molar-refractivity contribution < 1.29 is 22.7 Å². The normalized spacial score (nSPS) is 13.3. The number of nitrogens with one attached hydrogen (secondary N) is 1. The molecular formula is C24H20N2O5S2.